The van der Waals surface area contributed by atoms with Crippen molar-refractivity contribution in [2.24, 2.45) is 0 Å². The third-order valence-corrected chi connectivity index (χ3v) is 5.78. The van der Waals surface area contributed by atoms with Crippen LogP contribution in [0.5, 0.6) is 11.5 Å². The van der Waals surface area contributed by atoms with E-state index in [2.05, 4.69) is 10.2 Å². The molecule has 0 saturated carbocycles. The summed E-state index contributed by atoms with van der Waals surface area (Å²) in [5.74, 6) is 1.07. The number of nitrogens with one attached hydrogen (secondary N) is 1. The molecule has 3 aromatic carbocycles. The Morgan fingerprint density at radius 3 is 2.74 bits per heavy atom. The monoisotopic (exact) mass is 456 g/mol. The van der Waals surface area contributed by atoms with Crippen molar-refractivity contribution in [2.45, 2.75) is 19.4 Å². The highest BCUT2D eigenvalue weighted by Crippen LogP contribution is 2.33. The summed E-state index contributed by atoms with van der Waals surface area (Å²) in [6.45, 7) is 1.62. The van der Waals surface area contributed by atoms with Crippen LogP contribution in [-0.4, -0.2) is 19.7 Å². The van der Waals surface area contributed by atoms with Crippen molar-refractivity contribution in [1.29, 1.82) is 0 Å². The largest absolute Gasteiger partial charge is 0.495 e. The second-order valence-electron chi connectivity index (χ2n) is 7.27. The zero-order valence-corrected chi connectivity index (χ0v) is 18.5. The molecule has 0 aromatic heterocycles. The molecule has 31 heavy (non-hydrogen) atoms. The molecule has 7 heteroatoms. The Kier molecular flexibility index (Phi) is 6.54. The van der Waals surface area contributed by atoms with Gasteiger partial charge < -0.3 is 14.4 Å². The fraction of sp³-hybridized carbons (Fsp3) is 0.208. The van der Waals surface area contributed by atoms with E-state index in [0.717, 1.165) is 36.2 Å². The number of anilines is 2. The summed E-state index contributed by atoms with van der Waals surface area (Å²) in [6.07, 6.45) is 1.37. The fourth-order valence-corrected chi connectivity index (χ4v) is 4.19. The van der Waals surface area contributed by atoms with Crippen LogP contribution < -0.4 is 19.7 Å². The third kappa shape index (κ3) is 5.06. The molecule has 1 heterocycles. The number of carbonyl (C=O) groups is 1. The SMILES string of the molecule is COc1ccccc1NC(=O)Oc1ccc2c(c1)CCCN2Cc1ccc(Cl)cc1Cl. The average molecular weight is 457 g/mol. The van der Waals surface area contributed by atoms with Gasteiger partial charge in [-0.15, -0.1) is 0 Å². The van der Waals surface area contributed by atoms with Crippen molar-refractivity contribution >= 4 is 40.7 Å². The van der Waals surface area contributed by atoms with Crippen LogP contribution in [0.2, 0.25) is 10.0 Å². The lowest BCUT2D eigenvalue weighted by atomic mass is 10.0. The van der Waals surface area contributed by atoms with Crippen LogP contribution in [0.1, 0.15) is 17.5 Å². The number of amides is 1. The molecule has 1 aliphatic heterocycles. The van der Waals surface area contributed by atoms with Gasteiger partial charge in [0.15, 0.2) is 0 Å². The zero-order valence-electron chi connectivity index (χ0n) is 17.0. The van der Waals surface area contributed by atoms with Gasteiger partial charge in [0.25, 0.3) is 0 Å². The molecular weight excluding hydrogens is 435 g/mol. The molecule has 160 valence electrons. The summed E-state index contributed by atoms with van der Waals surface area (Å²) in [4.78, 5) is 14.6. The molecule has 0 atom stereocenters. The zero-order chi connectivity index (χ0) is 21.8. The van der Waals surface area contributed by atoms with E-state index in [9.17, 15) is 4.79 Å². The second kappa shape index (κ2) is 9.50. The maximum Gasteiger partial charge on any atom is 0.417 e. The fourth-order valence-electron chi connectivity index (χ4n) is 3.73. The number of rotatable bonds is 5. The van der Waals surface area contributed by atoms with Gasteiger partial charge in [0, 0.05) is 28.8 Å². The van der Waals surface area contributed by atoms with E-state index in [1.165, 1.54) is 0 Å². The highest BCUT2D eigenvalue weighted by atomic mass is 35.5. The van der Waals surface area contributed by atoms with Gasteiger partial charge in [-0.05, 0) is 66.4 Å². The Balaban J connectivity index is 1.47. The number of methoxy groups -OCH3 is 1. The van der Waals surface area contributed by atoms with Crippen molar-refractivity contribution in [3.8, 4) is 11.5 Å². The topological polar surface area (TPSA) is 50.8 Å². The Morgan fingerprint density at radius 1 is 1.10 bits per heavy atom. The molecule has 0 radical (unpaired) electrons. The van der Waals surface area contributed by atoms with E-state index in [0.29, 0.717) is 33.8 Å². The van der Waals surface area contributed by atoms with Gasteiger partial charge in [-0.1, -0.05) is 41.4 Å². The first-order valence-corrected chi connectivity index (χ1v) is 10.7. The molecule has 0 spiro atoms. The molecule has 4 rings (SSSR count). The third-order valence-electron chi connectivity index (χ3n) is 5.20. The van der Waals surface area contributed by atoms with Crippen molar-refractivity contribution in [2.75, 3.05) is 23.9 Å². The van der Waals surface area contributed by atoms with Crippen LogP contribution in [-0.2, 0) is 13.0 Å². The lowest BCUT2D eigenvalue weighted by Gasteiger charge is -2.32. The Hall–Kier alpha value is -2.89. The first-order chi connectivity index (χ1) is 15.0. The van der Waals surface area contributed by atoms with Crippen molar-refractivity contribution in [3.63, 3.8) is 0 Å². The predicted octanol–water partition coefficient (Wildman–Crippen LogP) is 6.57. The standard InChI is InChI=1S/C24H22Cl2N2O3/c1-30-23-7-3-2-6-21(23)27-24(29)31-19-10-11-22-16(13-19)5-4-12-28(22)15-17-8-9-18(25)14-20(17)26/h2-3,6-11,13-14H,4-5,12,15H2,1H3,(H,27,29). The maximum atomic E-state index is 12.4. The number of carbonyl (C=O) groups excluding carboxylic acids is 1. The van der Waals surface area contributed by atoms with Gasteiger partial charge >= 0.3 is 6.09 Å². The summed E-state index contributed by atoms with van der Waals surface area (Å²) in [5.41, 5.74) is 3.84. The summed E-state index contributed by atoms with van der Waals surface area (Å²) in [6, 6.07) is 18.5. The van der Waals surface area contributed by atoms with Crippen LogP contribution in [0.15, 0.2) is 60.7 Å². The number of aryl methyl sites for hydroxylation is 1. The lowest BCUT2D eigenvalue weighted by molar-refractivity contribution is 0.215. The lowest BCUT2D eigenvalue weighted by Crippen LogP contribution is -2.29. The summed E-state index contributed by atoms with van der Waals surface area (Å²) >= 11 is 12.4. The molecule has 1 aliphatic rings. The van der Waals surface area contributed by atoms with Gasteiger partial charge in [0.1, 0.15) is 11.5 Å². The number of benzene rings is 3. The molecule has 0 fully saturated rings. The van der Waals surface area contributed by atoms with E-state index in [1.54, 1.807) is 25.3 Å². The van der Waals surface area contributed by atoms with Crippen molar-refractivity contribution in [1.82, 2.24) is 0 Å². The van der Waals surface area contributed by atoms with Crippen LogP contribution in [0, 0.1) is 0 Å². The van der Waals surface area contributed by atoms with Crippen molar-refractivity contribution < 1.29 is 14.3 Å². The number of ether oxygens (including phenoxy) is 2. The van der Waals surface area contributed by atoms with Crippen LogP contribution in [0.25, 0.3) is 0 Å². The number of hydrogen-bond acceptors (Lipinski definition) is 4. The number of halogens is 2. The molecular formula is C24H22Cl2N2O3. The first kappa shape index (κ1) is 21.3. The highest BCUT2D eigenvalue weighted by molar-refractivity contribution is 6.35. The van der Waals surface area contributed by atoms with Crippen LogP contribution >= 0.6 is 23.2 Å². The summed E-state index contributed by atoms with van der Waals surface area (Å²) in [7, 11) is 1.55. The van der Waals surface area contributed by atoms with Crippen LogP contribution in [0.3, 0.4) is 0 Å². The van der Waals surface area contributed by atoms with Gasteiger partial charge in [-0.2, -0.15) is 0 Å². The Morgan fingerprint density at radius 2 is 1.94 bits per heavy atom. The van der Waals surface area contributed by atoms with Gasteiger partial charge in [-0.25, -0.2) is 4.79 Å². The molecule has 1 amide bonds. The molecule has 1 N–H and O–H groups in total. The van der Waals surface area contributed by atoms with E-state index < -0.39 is 6.09 Å². The van der Waals surface area contributed by atoms with Gasteiger partial charge in [0.05, 0.1) is 12.8 Å². The number of fused-ring (bicyclic) bond motifs is 1. The summed E-state index contributed by atoms with van der Waals surface area (Å²) in [5, 5.41) is 4.01. The average Bonchev–Trinajstić information content (AvgIpc) is 2.76. The molecule has 0 saturated heterocycles. The number of nitrogens with zero attached hydrogens (tertiary/aromatic N) is 1. The van der Waals surface area contributed by atoms with E-state index in [-0.39, 0.29) is 0 Å². The van der Waals surface area contributed by atoms with Crippen molar-refractivity contribution in [3.05, 3.63) is 81.8 Å². The molecule has 5 nitrogen and oxygen atoms in total. The first-order valence-electron chi connectivity index (χ1n) is 9.97. The molecule has 3 aromatic rings. The number of hydrogen-bond donors (Lipinski definition) is 1. The van der Waals surface area contributed by atoms with Gasteiger partial charge in [-0.3, -0.25) is 5.32 Å². The Bertz CT molecular complexity index is 1100. The maximum absolute atomic E-state index is 12.4. The molecule has 0 aliphatic carbocycles. The van der Waals surface area contributed by atoms with E-state index in [4.69, 9.17) is 32.7 Å². The number of para-hydroxylation sites is 2. The minimum Gasteiger partial charge on any atom is -0.495 e. The van der Waals surface area contributed by atoms with E-state index >= 15 is 0 Å². The molecule has 0 unspecified atom stereocenters. The quantitative estimate of drug-likeness (QED) is 0.471. The normalized spacial score (nSPS) is 12.8. The minimum absolute atomic E-state index is 0.498. The van der Waals surface area contributed by atoms with E-state index in [1.807, 2.05) is 42.5 Å². The summed E-state index contributed by atoms with van der Waals surface area (Å²) < 4.78 is 10.8. The second-order valence-corrected chi connectivity index (χ2v) is 8.11. The smallest absolute Gasteiger partial charge is 0.417 e. The Labute approximate surface area is 191 Å². The predicted molar refractivity (Wildman–Crippen MR) is 125 cm³/mol. The molecule has 0 bridgehead atoms. The highest BCUT2D eigenvalue weighted by Gasteiger charge is 2.19. The van der Waals surface area contributed by atoms with Gasteiger partial charge in [0.2, 0.25) is 0 Å². The minimum atomic E-state index is -0.565. The van der Waals surface area contributed by atoms with Crippen LogP contribution in [0.4, 0.5) is 16.2 Å².